The molecular weight excluding hydrogens is 356 g/mol. The van der Waals surface area contributed by atoms with Crippen LogP contribution in [0.15, 0.2) is 47.3 Å². The van der Waals surface area contributed by atoms with Crippen LogP contribution < -0.4 is 20.3 Å². The smallest absolute Gasteiger partial charge is 0.274 e. The quantitative estimate of drug-likeness (QED) is 0.690. The Labute approximate surface area is 155 Å². The zero-order chi connectivity index (χ0) is 18.5. The highest BCUT2D eigenvalue weighted by atomic mass is 35.5. The van der Waals surface area contributed by atoms with Gasteiger partial charge in [-0.2, -0.15) is 0 Å². The second-order valence-corrected chi connectivity index (χ2v) is 5.89. The van der Waals surface area contributed by atoms with Crippen LogP contribution in [0.2, 0.25) is 5.02 Å². The standard InChI is InChI=1S/C18H17ClN4O3/c1-25-15-7-6-11(9-16(15)26-2)8-14-17(24)21-18(23-22-14)20-13-5-3-4-12(19)10-13/h3-7,9-10H,8H2,1-2H3,(H2,20,21,23,24). The summed E-state index contributed by atoms with van der Waals surface area (Å²) in [6.07, 6.45) is 0.320. The van der Waals surface area contributed by atoms with Crippen molar-refractivity contribution in [2.45, 2.75) is 6.42 Å². The fourth-order valence-electron chi connectivity index (χ4n) is 2.42. The van der Waals surface area contributed by atoms with Crippen LogP contribution in [0, 0.1) is 0 Å². The average molecular weight is 373 g/mol. The predicted molar refractivity (Wildman–Crippen MR) is 99.7 cm³/mol. The topological polar surface area (TPSA) is 89.1 Å². The van der Waals surface area contributed by atoms with Crippen LogP contribution in [-0.2, 0) is 6.42 Å². The SMILES string of the molecule is COc1ccc(Cc2nnc(Nc3cccc(Cl)c3)[nH]c2=O)cc1OC. The molecule has 0 aliphatic heterocycles. The zero-order valence-corrected chi connectivity index (χ0v) is 15.0. The maximum Gasteiger partial charge on any atom is 0.274 e. The number of aromatic nitrogens is 3. The van der Waals surface area contributed by atoms with Crippen LogP contribution in [0.3, 0.4) is 0 Å². The Bertz CT molecular complexity index is 975. The molecule has 8 heteroatoms. The molecule has 0 bridgehead atoms. The zero-order valence-electron chi connectivity index (χ0n) is 14.2. The van der Waals surface area contributed by atoms with E-state index in [0.717, 1.165) is 5.56 Å². The number of aromatic amines is 1. The van der Waals surface area contributed by atoms with Gasteiger partial charge < -0.3 is 14.8 Å². The van der Waals surface area contributed by atoms with Gasteiger partial charge in [0.05, 0.1) is 14.2 Å². The van der Waals surface area contributed by atoms with Crippen molar-refractivity contribution in [1.29, 1.82) is 0 Å². The summed E-state index contributed by atoms with van der Waals surface area (Å²) in [6.45, 7) is 0. The molecule has 2 aromatic carbocycles. The van der Waals surface area contributed by atoms with Gasteiger partial charge in [0.25, 0.3) is 5.56 Å². The molecule has 0 amide bonds. The van der Waals surface area contributed by atoms with Gasteiger partial charge in [-0.05, 0) is 35.9 Å². The Hall–Kier alpha value is -3.06. The number of hydrogen-bond donors (Lipinski definition) is 2. The van der Waals surface area contributed by atoms with Gasteiger partial charge in [-0.1, -0.05) is 23.7 Å². The molecule has 1 heterocycles. The van der Waals surface area contributed by atoms with Gasteiger partial charge in [-0.15, -0.1) is 10.2 Å². The van der Waals surface area contributed by atoms with Crippen molar-refractivity contribution >= 4 is 23.2 Å². The van der Waals surface area contributed by atoms with Crippen LogP contribution in [0.1, 0.15) is 11.3 Å². The number of hydrogen-bond acceptors (Lipinski definition) is 6. The third-order valence-electron chi connectivity index (χ3n) is 3.67. The average Bonchev–Trinajstić information content (AvgIpc) is 2.64. The molecule has 0 fully saturated rings. The van der Waals surface area contributed by atoms with E-state index in [1.807, 2.05) is 12.1 Å². The minimum Gasteiger partial charge on any atom is -0.493 e. The first-order chi connectivity index (χ1) is 12.6. The number of anilines is 2. The first-order valence-corrected chi connectivity index (χ1v) is 8.16. The second-order valence-electron chi connectivity index (χ2n) is 5.45. The lowest BCUT2D eigenvalue weighted by Gasteiger charge is -2.09. The van der Waals surface area contributed by atoms with Crippen molar-refractivity contribution in [3.8, 4) is 11.5 Å². The van der Waals surface area contributed by atoms with Crippen molar-refractivity contribution in [2.24, 2.45) is 0 Å². The summed E-state index contributed by atoms with van der Waals surface area (Å²) < 4.78 is 10.5. The van der Waals surface area contributed by atoms with E-state index in [-0.39, 0.29) is 11.5 Å². The van der Waals surface area contributed by atoms with Gasteiger partial charge in [0, 0.05) is 17.1 Å². The maximum atomic E-state index is 12.3. The molecule has 0 saturated heterocycles. The molecule has 0 radical (unpaired) electrons. The molecule has 3 rings (SSSR count). The normalized spacial score (nSPS) is 10.4. The number of H-pyrrole nitrogens is 1. The number of nitrogens with zero attached hydrogens (tertiary/aromatic N) is 2. The summed E-state index contributed by atoms with van der Waals surface area (Å²) in [6, 6.07) is 12.5. The third-order valence-corrected chi connectivity index (χ3v) is 3.91. The first-order valence-electron chi connectivity index (χ1n) is 7.78. The highest BCUT2D eigenvalue weighted by Gasteiger charge is 2.10. The molecule has 26 heavy (non-hydrogen) atoms. The fourth-order valence-corrected chi connectivity index (χ4v) is 2.61. The molecule has 7 nitrogen and oxygen atoms in total. The summed E-state index contributed by atoms with van der Waals surface area (Å²) in [5.41, 5.74) is 1.54. The van der Waals surface area contributed by atoms with Gasteiger partial charge in [0.15, 0.2) is 11.5 Å². The van der Waals surface area contributed by atoms with E-state index < -0.39 is 0 Å². The Morgan fingerprint density at radius 2 is 1.88 bits per heavy atom. The van der Waals surface area contributed by atoms with E-state index in [0.29, 0.717) is 34.3 Å². The summed E-state index contributed by atoms with van der Waals surface area (Å²) >= 11 is 5.94. The van der Waals surface area contributed by atoms with E-state index in [2.05, 4.69) is 20.5 Å². The van der Waals surface area contributed by atoms with Crippen molar-refractivity contribution in [3.63, 3.8) is 0 Å². The summed E-state index contributed by atoms with van der Waals surface area (Å²) in [7, 11) is 3.13. The molecule has 1 aromatic heterocycles. The number of methoxy groups -OCH3 is 2. The van der Waals surface area contributed by atoms with E-state index >= 15 is 0 Å². The molecule has 134 valence electrons. The largest absolute Gasteiger partial charge is 0.493 e. The maximum absolute atomic E-state index is 12.3. The van der Waals surface area contributed by atoms with Crippen molar-refractivity contribution in [3.05, 3.63) is 69.1 Å². The van der Waals surface area contributed by atoms with Crippen molar-refractivity contribution < 1.29 is 9.47 Å². The number of rotatable bonds is 6. The van der Waals surface area contributed by atoms with Gasteiger partial charge in [-0.25, -0.2) is 0 Å². The highest BCUT2D eigenvalue weighted by Crippen LogP contribution is 2.28. The fraction of sp³-hybridized carbons (Fsp3) is 0.167. The number of ether oxygens (including phenoxy) is 2. The Morgan fingerprint density at radius 1 is 1.08 bits per heavy atom. The summed E-state index contributed by atoms with van der Waals surface area (Å²) in [5, 5.41) is 11.6. The molecule has 0 atom stereocenters. The van der Waals surface area contributed by atoms with E-state index in [9.17, 15) is 4.79 Å². The van der Waals surface area contributed by atoms with Crippen LogP contribution in [0.25, 0.3) is 0 Å². The Morgan fingerprint density at radius 3 is 2.58 bits per heavy atom. The van der Waals surface area contributed by atoms with Crippen LogP contribution in [0.5, 0.6) is 11.5 Å². The number of nitrogens with one attached hydrogen (secondary N) is 2. The number of benzene rings is 2. The van der Waals surface area contributed by atoms with Gasteiger partial charge in [0.2, 0.25) is 5.95 Å². The van der Waals surface area contributed by atoms with Crippen LogP contribution in [0.4, 0.5) is 11.6 Å². The third kappa shape index (κ3) is 4.12. The predicted octanol–water partition coefficient (Wildman–Crippen LogP) is 3.17. The lowest BCUT2D eigenvalue weighted by molar-refractivity contribution is 0.354. The molecule has 0 aliphatic rings. The lowest BCUT2D eigenvalue weighted by atomic mass is 10.1. The van der Waals surface area contributed by atoms with Crippen molar-refractivity contribution in [1.82, 2.24) is 15.2 Å². The lowest BCUT2D eigenvalue weighted by Crippen LogP contribution is -2.18. The summed E-state index contributed by atoms with van der Waals surface area (Å²) in [5.74, 6) is 1.46. The molecule has 3 aromatic rings. The number of halogens is 1. The molecule has 0 unspecified atom stereocenters. The highest BCUT2D eigenvalue weighted by molar-refractivity contribution is 6.30. The minimum atomic E-state index is -0.320. The van der Waals surface area contributed by atoms with Crippen LogP contribution >= 0.6 is 11.6 Å². The molecule has 0 spiro atoms. The Kier molecular flexibility index (Phi) is 5.38. The van der Waals surface area contributed by atoms with Gasteiger partial charge >= 0.3 is 0 Å². The first kappa shape index (κ1) is 17.8. The van der Waals surface area contributed by atoms with E-state index in [4.69, 9.17) is 21.1 Å². The Balaban J connectivity index is 1.79. The molecule has 0 saturated carbocycles. The van der Waals surface area contributed by atoms with Crippen LogP contribution in [-0.4, -0.2) is 29.4 Å². The van der Waals surface area contributed by atoms with E-state index in [1.165, 1.54) is 0 Å². The molecule has 2 N–H and O–H groups in total. The van der Waals surface area contributed by atoms with Gasteiger partial charge in [-0.3, -0.25) is 9.78 Å². The van der Waals surface area contributed by atoms with Crippen molar-refractivity contribution in [2.75, 3.05) is 19.5 Å². The van der Waals surface area contributed by atoms with Gasteiger partial charge in [0.1, 0.15) is 5.69 Å². The summed E-state index contributed by atoms with van der Waals surface area (Å²) in [4.78, 5) is 15.0. The minimum absolute atomic E-state index is 0.244. The van der Waals surface area contributed by atoms with E-state index in [1.54, 1.807) is 44.6 Å². The molecule has 0 aliphatic carbocycles. The monoisotopic (exact) mass is 372 g/mol. The molecular formula is C18H17ClN4O3. The second kappa shape index (κ2) is 7.88.